The van der Waals surface area contributed by atoms with E-state index >= 15 is 0 Å². The molecular weight excluding hydrogens is 386 g/mol. The van der Waals surface area contributed by atoms with E-state index in [0.717, 1.165) is 5.69 Å². The van der Waals surface area contributed by atoms with Crippen LogP contribution in [0, 0.1) is 13.8 Å². The predicted molar refractivity (Wildman–Crippen MR) is 109 cm³/mol. The van der Waals surface area contributed by atoms with Crippen molar-refractivity contribution in [2.75, 3.05) is 5.32 Å². The molecule has 1 amide bonds. The van der Waals surface area contributed by atoms with Gasteiger partial charge in [0.15, 0.2) is 6.61 Å². The van der Waals surface area contributed by atoms with E-state index in [1.807, 2.05) is 6.92 Å². The van der Waals surface area contributed by atoms with Crippen molar-refractivity contribution in [1.29, 1.82) is 0 Å². The van der Waals surface area contributed by atoms with Gasteiger partial charge in [-0.2, -0.15) is 4.98 Å². The highest BCUT2D eigenvalue weighted by atomic mass is 16.5. The largest absolute Gasteiger partial charge is 0.485 e. The Hall–Kier alpha value is -4.14. The fourth-order valence-corrected chi connectivity index (χ4v) is 3.02. The molecule has 30 heavy (non-hydrogen) atoms. The molecule has 0 atom stereocenters. The van der Waals surface area contributed by atoms with Crippen LogP contribution < -0.4 is 15.7 Å². The van der Waals surface area contributed by atoms with Crippen LogP contribution in [0.4, 0.5) is 5.69 Å². The number of aryl methyl sites for hydroxylation is 2. The highest BCUT2D eigenvalue weighted by Gasteiger charge is 2.14. The monoisotopic (exact) mass is 405 g/mol. The molecular formula is C21H19N5O4. The maximum absolute atomic E-state index is 12.9. The number of nitrogens with zero attached hydrogens (tertiary/aromatic N) is 3. The lowest BCUT2D eigenvalue weighted by atomic mass is 10.1. The number of hydrogen-bond acceptors (Lipinski definition) is 6. The normalized spacial score (nSPS) is 10.7. The summed E-state index contributed by atoms with van der Waals surface area (Å²) in [7, 11) is 0. The summed E-state index contributed by atoms with van der Waals surface area (Å²) < 4.78 is 12.2. The van der Waals surface area contributed by atoms with Crippen LogP contribution in [0.2, 0.25) is 0 Å². The Morgan fingerprint density at radius 3 is 2.77 bits per heavy atom. The highest BCUT2D eigenvalue weighted by molar-refractivity contribution is 6.06. The average Bonchev–Trinajstić information content (AvgIpc) is 3.31. The quantitative estimate of drug-likeness (QED) is 0.510. The van der Waals surface area contributed by atoms with E-state index in [1.165, 1.54) is 4.57 Å². The van der Waals surface area contributed by atoms with Gasteiger partial charge in [0.05, 0.1) is 11.3 Å². The Labute approximate surface area is 171 Å². The Bertz CT molecular complexity index is 1250. The van der Waals surface area contributed by atoms with Crippen molar-refractivity contribution in [3.63, 3.8) is 0 Å². The number of H-pyrrole nitrogens is 1. The van der Waals surface area contributed by atoms with E-state index in [9.17, 15) is 9.59 Å². The van der Waals surface area contributed by atoms with Gasteiger partial charge in [0.1, 0.15) is 5.75 Å². The average molecular weight is 405 g/mol. The second-order valence-corrected chi connectivity index (χ2v) is 6.59. The lowest BCUT2D eigenvalue weighted by molar-refractivity contribution is 0.102. The predicted octanol–water partition coefficient (Wildman–Crippen LogP) is 3.00. The molecule has 152 valence electrons. The number of hydrogen-bond donors (Lipinski definition) is 2. The van der Waals surface area contributed by atoms with E-state index in [-0.39, 0.29) is 18.2 Å². The molecule has 0 radical (unpaired) electrons. The first-order chi connectivity index (χ1) is 14.5. The van der Waals surface area contributed by atoms with E-state index in [1.54, 1.807) is 61.7 Å². The second-order valence-electron chi connectivity index (χ2n) is 6.59. The molecule has 0 aliphatic carbocycles. The highest BCUT2D eigenvalue weighted by Crippen LogP contribution is 2.22. The summed E-state index contributed by atoms with van der Waals surface area (Å²) in [6.45, 7) is 3.59. The molecule has 0 saturated carbocycles. The van der Waals surface area contributed by atoms with Crippen LogP contribution >= 0.6 is 0 Å². The third-order valence-corrected chi connectivity index (χ3v) is 4.38. The summed E-state index contributed by atoms with van der Waals surface area (Å²) in [6, 6.07) is 13.9. The topological polar surface area (TPSA) is 115 Å². The van der Waals surface area contributed by atoms with Crippen LogP contribution in [-0.2, 0) is 6.61 Å². The fourth-order valence-electron chi connectivity index (χ4n) is 3.02. The molecule has 2 N–H and O–H groups in total. The third kappa shape index (κ3) is 4.00. The Morgan fingerprint density at radius 1 is 1.20 bits per heavy atom. The number of imidazole rings is 1. The molecule has 0 aliphatic rings. The second kappa shape index (κ2) is 8.08. The number of aromatic amines is 1. The molecule has 2 heterocycles. The first-order valence-electron chi connectivity index (χ1n) is 9.21. The fraction of sp³-hybridized carbons (Fsp3) is 0.143. The summed E-state index contributed by atoms with van der Waals surface area (Å²) in [6.07, 6.45) is 1.63. The van der Waals surface area contributed by atoms with Crippen molar-refractivity contribution in [2.45, 2.75) is 20.5 Å². The number of anilines is 1. The Morgan fingerprint density at radius 2 is 2.03 bits per heavy atom. The Kier molecular flexibility index (Phi) is 5.17. The van der Waals surface area contributed by atoms with Crippen molar-refractivity contribution in [2.24, 2.45) is 0 Å². The minimum Gasteiger partial charge on any atom is -0.485 e. The number of amides is 1. The summed E-state index contributed by atoms with van der Waals surface area (Å²) >= 11 is 0. The van der Waals surface area contributed by atoms with E-state index in [2.05, 4.69) is 20.4 Å². The minimum atomic E-state index is -0.342. The van der Waals surface area contributed by atoms with Crippen molar-refractivity contribution < 1.29 is 14.1 Å². The van der Waals surface area contributed by atoms with Gasteiger partial charge in [0, 0.05) is 24.5 Å². The molecule has 0 fully saturated rings. The van der Waals surface area contributed by atoms with Crippen molar-refractivity contribution in [3.8, 4) is 11.4 Å². The number of carbonyl (C=O) groups excluding carboxylic acids is 1. The molecule has 0 bridgehead atoms. The summed E-state index contributed by atoms with van der Waals surface area (Å²) in [5.41, 5.74) is 2.07. The van der Waals surface area contributed by atoms with E-state index in [4.69, 9.17) is 9.26 Å². The molecule has 2 aromatic carbocycles. The van der Waals surface area contributed by atoms with Crippen molar-refractivity contribution in [3.05, 3.63) is 88.2 Å². The summed E-state index contributed by atoms with van der Waals surface area (Å²) in [5.74, 6) is 0.885. The van der Waals surface area contributed by atoms with Gasteiger partial charge >= 0.3 is 5.69 Å². The number of nitrogens with one attached hydrogen (secondary N) is 2. The molecule has 0 unspecified atom stereocenters. The van der Waals surface area contributed by atoms with Crippen molar-refractivity contribution in [1.82, 2.24) is 19.7 Å². The first-order valence-corrected chi connectivity index (χ1v) is 9.21. The third-order valence-electron chi connectivity index (χ3n) is 4.38. The van der Waals surface area contributed by atoms with Crippen molar-refractivity contribution >= 4 is 11.6 Å². The number of para-hydroxylation sites is 1. The SMILES string of the molecule is Cc1nc(COc2ccccc2C(=O)Nc2cccc(-n3c(C)c[nH]c3=O)c2)no1. The van der Waals surface area contributed by atoms with Crippen LogP contribution in [0.25, 0.3) is 5.69 Å². The zero-order chi connectivity index (χ0) is 21.1. The molecule has 4 aromatic rings. The van der Waals surface area contributed by atoms with Crippen LogP contribution in [0.5, 0.6) is 5.75 Å². The zero-order valence-corrected chi connectivity index (χ0v) is 16.4. The van der Waals surface area contributed by atoms with Gasteiger partial charge in [0.25, 0.3) is 5.91 Å². The van der Waals surface area contributed by atoms with Gasteiger partial charge in [-0.1, -0.05) is 23.4 Å². The maximum atomic E-state index is 12.9. The van der Waals surface area contributed by atoms with Gasteiger partial charge < -0.3 is 19.6 Å². The molecule has 0 aliphatic heterocycles. The van der Waals surface area contributed by atoms with Gasteiger partial charge in [-0.3, -0.25) is 9.36 Å². The van der Waals surface area contributed by atoms with Gasteiger partial charge in [-0.15, -0.1) is 0 Å². The minimum absolute atomic E-state index is 0.0762. The van der Waals surface area contributed by atoms with Gasteiger partial charge in [-0.25, -0.2) is 4.79 Å². The van der Waals surface area contributed by atoms with Crippen LogP contribution in [0.15, 0.2) is 64.0 Å². The number of aromatic nitrogens is 4. The lowest BCUT2D eigenvalue weighted by Crippen LogP contribution is -2.17. The van der Waals surface area contributed by atoms with Crippen LogP contribution in [0.3, 0.4) is 0 Å². The smallest absolute Gasteiger partial charge is 0.330 e. The van der Waals surface area contributed by atoms with Gasteiger partial charge in [-0.05, 0) is 37.3 Å². The molecule has 0 spiro atoms. The summed E-state index contributed by atoms with van der Waals surface area (Å²) in [4.78, 5) is 31.6. The number of ether oxygens (including phenoxy) is 1. The number of carbonyl (C=O) groups is 1. The molecule has 4 rings (SSSR count). The number of benzene rings is 2. The van der Waals surface area contributed by atoms with Crippen LogP contribution in [-0.4, -0.2) is 25.6 Å². The molecule has 2 aromatic heterocycles. The summed E-state index contributed by atoms with van der Waals surface area (Å²) in [5, 5.41) is 6.63. The van der Waals surface area contributed by atoms with Crippen LogP contribution in [0.1, 0.15) is 27.8 Å². The Balaban J connectivity index is 1.53. The first kappa shape index (κ1) is 19.2. The van der Waals surface area contributed by atoms with Gasteiger partial charge in [0.2, 0.25) is 11.7 Å². The van der Waals surface area contributed by atoms with E-state index < -0.39 is 0 Å². The lowest BCUT2D eigenvalue weighted by Gasteiger charge is -2.12. The molecule has 9 heteroatoms. The number of rotatable bonds is 6. The van der Waals surface area contributed by atoms with E-state index in [0.29, 0.717) is 34.4 Å². The maximum Gasteiger partial charge on any atom is 0.330 e. The standard InChI is InChI=1S/C21H19N5O4/c1-13-11-22-21(28)26(13)16-7-5-6-15(10-16)24-20(27)17-8-3-4-9-18(17)29-12-19-23-14(2)30-25-19/h3-11H,12H2,1-2H3,(H,22,28)(H,24,27). The molecule has 0 saturated heterocycles. The zero-order valence-electron chi connectivity index (χ0n) is 16.4. The molecule has 9 nitrogen and oxygen atoms in total.